The largest absolute Gasteiger partial charge is 0.480 e. The number of sulfonamides is 1. The molecule has 0 aliphatic carbocycles. The SMILES string of the molecule is CCN(CC)S(=O)(=O)c1ccc(C)c(C(=O)N2CCC(C)CC2C(=O)O)c1. The molecule has 0 saturated carbocycles. The van der Waals surface area contributed by atoms with Gasteiger partial charge < -0.3 is 10.0 Å². The fraction of sp³-hybridized carbons (Fsp3) is 0.579. The molecule has 1 aliphatic heterocycles. The first kappa shape index (κ1) is 21.4. The number of benzene rings is 1. The zero-order valence-corrected chi connectivity index (χ0v) is 17.1. The Bertz CT molecular complexity index is 817. The zero-order chi connectivity index (χ0) is 20.4. The molecular formula is C19H28N2O5S. The van der Waals surface area contributed by atoms with Gasteiger partial charge in [0.1, 0.15) is 6.04 Å². The van der Waals surface area contributed by atoms with Gasteiger partial charge in [-0.15, -0.1) is 0 Å². The van der Waals surface area contributed by atoms with Gasteiger partial charge in [-0.05, 0) is 43.4 Å². The molecule has 0 radical (unpaired) electrons. The van der Waals surface area contributed by atoms with Gasteiger partial charge >= 0.3 is 5.97 Å². The lowest BCUT2D eigenvalue weighted by Gasteiger charge is -2.36. The molecule has 1 aromatic carbocycles. The van der Waals surface area contributed by atoms with Crippen molar-refractivity contribution in [3.63, 3.8) is 0 Å². The van der Waals surface area contributed by atoms with Crippen LogP contribution in [0.5, 0.6) is 0 Å². The van der Waals surface area contributed by atoms with Crippen LogP contribution in [0.1, 0.15) is 49.5 Å². The van der Waals surface area contributed by atoms with E-state index in [1.165, 1.54) is 21.3 Å². The Labute approximate surface area is 161 Å². The Kier molecular flexibility index (Phi) is 6.64. The average molecular weight is 397 g/mol. The van der Waals surface area contributed by atoms with E-state index in [2.05, 4.69) is 0 Å². The highest BCUT2D eigenvalue weighted by Gasteiger charge is 2.36. The van der Waals surface area contributed by atoms with Crippen LogP contribution in [0.15, 0.2) is 23.1 Å². The van der Waals surface area contributed by atoms with Gasteiger partial charge in [-0.1, -0.05) is 26.8 Å². The maximum Gasteiger partial charge on any atom is 0.326 e. The predicted octanol–water partition coefficient (Wildman–Crippen LogP) is 2.35. The number of amides is 1. The molecule has 7 nitrogen and oxygen atoms in total. The number of rotatable bonds is 6. The smallest absolute Gasteiger partial charge is 0.326 e. The number of hydrogen-bond acceptors (Lipinski definition) is 4. The molecule has 8 heteroatoms. The average Bonchev–Trinajstić information content (AvgIpc) is 2.62. The molecule has 0 spiro atoms. The number of nitrogens with zero attached hydrogens (tertiary/aromatic N) is 2. The van der Waals surface area contributed by atoms with Gasteiger partial charge in [-0.2, -0.15) is 4.31 Å². The van der Waals surface area contributed by atoms with Crippen molar-refractivity contribution in [2.24, 2.45) is 5.92 Å². The second kappa shape index (κ2) is 8.39. The highest BCUT2D eigenvalue weighted by atomic mass is 32.2. The minimum Gasteiger partial charge on any atom is -0.480 e. The molecule has 1 fully saturated rings. The van der Waals surface area contributed by atoms with E-state index < -0.39 is 27.9 Å². The van der Waals surface area contributed by atoms with E-state index in [1.807, 2.05) is 6.92 Å². The van der Waals surface area contributed by atoms with Crippen LogP contribution in [0, 0.1) is 12.8 Å². The lowest BCUT2D eigenvalue weighted by molar-refractivity contribution is -0.144. The Morgan fingerprint density at radius 1 is 1.26 bits per heavy atom. The van der Waals surface area contributed by atoms with E-state index in [1.54, 1.807) is 26.8 Å². The summed E-state index contributed by atoms with van der Waals surface area (Å²) in [5.41, 5.74) is 0.866. The van der Waals surface area contributed by atoms with Crippen molar-refractivity contribution >= 4 is 21.9 Å². The van der Waals surface area contributed by atoms with Crippen molar-refractivity contribution in [2.45, 2.75) is 51.5 Å². The van der Waals surface area contributed by atoms with Gasteiger partial charge in [0.2, 0.25) is 10.0 Å². The Morgan fingerprint density at radius 2 is 1.89 bits per heavy atom. The molecule has 27 heavy (non-hydrogen) atoms. The summed E-state index contributed by atoms with van der Waals surface area (Å²) in [6.07, 6.45) is 1.13. The number of carboxylic acid groups (broad SMARTS) is 1. The molecule has 2 unspecified atom stereocenters. The molecule has 1 aliphatic rings. The monoisotopic (exact) mass is 396 g/mol. The van der Waals surface area contributed by atoms with Crippen LogP contribution < -0.4 is 0 Å². The van der Waals surface area contributed by atoms with E-state index in [4.69, 9.17) is 0 Å². The van der Waals surface area contributed by atoms with Gasteiger partial charge in [-0.25, -0.2) is 13.2 Å². The first-order valence-electron chi connectivity index (χ1n) is 9.28. The third-order valence-electron chi connectivity index (χ3n) is 5.19. The summed E-state index contributed by atoms with van der Waals surface area (Å²) in [5, 5.41) is 9.52. The molecule has 0 bridgehead atoms. The van der Waals surface area contributed by atoms with Crippen LogP contribution in [-0.4, -0.2) is 60.3 Å². The quantitative estimate of drug-likeness (QED) is 0.796. The van der Waals surface area contributed by atoms with Gasteiger partial charge in [0.05, 0.1) is 4.90 Å². The highest BCUT2D eigenvalue weighted by Crippen LogP contribution is 2.27. The first-order chi connectivity index (χ1) is 12.6. The van der Waals surface area contributed by atoms with Crippen LogP contribution >= 0.6 is 0 Å². The van der Waals surface area contributed by atoms with Gasteiger partial charge in [0.15, 0.2) is 0 Å². The number of carbonyl (C=O) groups excluding carboxylic acids is 1. The Balaban J connectivity index is 2.43. The van der Waals surface area contributed by atoms with Gasteiger partial charge in [0.25, 0.3) is 5.91 Å². The van der Waals surface area contributed by atoms with E-state index in [9.17, 15) is 23.1 Å². The van der Waals surface area contributed by atoms with Crippen molar-refractivity contribution in [1.29, 1.82) is 0 Å². The third kappa shape index (κ3) is 4.32. The molecule has 1 aromatic rings. The van der Waals surface area contributed by atoms with Gasteiger partial charge in [-0.3, -0.25) is 4.79 Å². The summed E-state index contributed by atoms with van der Waals surface area (Å²) in [7, 11) is -3.70. The molecule has 2 rings (SSSR count). The Morgan fingerprint density at radius 3 is 2.44 bits per heavy atom. The molecule has 1 heterocycles. The second-order valence-electron chi connectivity index (χ2n) is 7.05. The minimum atomic E-state index is -3.70. The first-order valence-corrected chi connectivity index (χ1v) is 10.7. The van der Waals surface area contributed by atoms with Crippen LogP contribution in [0.3, 0.4) is 0 Å². The fourth-order valence-electron chi connectivity index (χ4n) is 3.48. The number of aryl methyl sites for hydroxylation is 1. The number of carbonyl (C=O) groups is 2. The molecule has 2 atom stereocenters. The van der Waals surface area contributed by atoms with Crippen molar-refractivity contribution in [3.8, 4) is 0 Å². The van der Waals surface area contributed by atoms with Crippen molar-refractivity contribution < 1.29 is 23.1 Å². The summed E-state index contributed by atoms with van der Waals surface area (Å²) in [4.78, 5) is 26.1. The van der Waals surface area contributed by atoms with E-state index >= 15 is 0 Å². The molecule has 1 N–H and O–H groups in total. The highest BCUT2D eigenvalue weighted by molar-refractivity contribution is 7.89. The van der Waals surface area contributed by atoms with E-state index in [0.29, 0.717) is 31.6 Å². The van der Waals surface area contributed by atoms with Crippen LogP contribution in [-0.2, 0) is 14.8 Å². The van der Waals surface area contributed by atoms with Crippen molar-refractivity contribution in [3.05, 3.63) is 29.3 Å². The molecule has 150 valence electrons. The second-order valence-corrected chi connectivity index (χ2v) is 8.99. The summed E-state index contributed by atoms with van der Waals surface area (Å²) in [6.45, 7) is 8.23. The maximum atomic E-state index is 13.1. The minimum absolute atomic E-state index is 0.0532. The summed E-state index contributed by atoms with van der Waals surface area (Å²) in [6, 6.07) is 3.59. The normalized spacial score (nSPS) is 20.7. The van der Waals surface area contributed by atoms with Crippen LogP contribution in [0.4, 0.5) is 0 Å². The molecule has 0 aromatic heterocycles. The zero-order valence-electron chi connectivity index (χ0n) is 16.3. The number of hydrogen-bond donors (Lipinski definition) is 1. The number of aliphatic carboxylic acids is 1. The van der Waals surface area contributed by atoms with Crippen molar-refractivity contribution in [2.75, 3.05) is 19.6 Å². The fourth-order valence-corrected chi connectivity index (χ4v) is 4.96. The third-order valence-corrected chi connectivity index (χ3v) is 7.24. The predicted molar refractivity (Wildman–Crippen MR) is 102 cm³/mol. The number of carboxylic acids is 1. The summed E-state index contributed by atoms with van der Waals surface area (Å²) in [5.74, 6) is -1.23. The number of piperidine rings is 1. The van der Waals surface area contributed by atoms with Crippen LogP contribution in [0.25, 0.3) is 0 Å². The molecule has 1 saturated heterocycles. The molecule has 1 amide bonds. The lowest BCUT2D eigenvalue weighted by atomic mass is 9.91. The topological polar surface area (TPSA) is 95.0 Å². The summed E-state index contributed by atoms with van der Waals surface area (Å²) < 4.78 is 26.9. The lowest BCUT2D eigenvalue weighted by Crippen LogP contribution is -2.50. The van der Waals surface area contributed by atoms with E-state index in [-0.39, 0.29) is 16.4 Å². The Hall–Kier alpha value is -1.93. The van der Waals surface area contributed by atoms with Crippen molar-refractivity contribution in [1.82, 2.24) is 9.21 Å². The van der Waals surface area contributed by atoms with E-state index in [0.717, 1.165) is 6.42 Å². The summed E-state index contributed by atoms with van der Waals surface area (Å²) >= 11 is 0. The standard InChI is InChI=1S/C19H28N2O5S/c1-5-20(6-2)27(25,26)15-8-7-14(4)16(12-15)18(22)21-10-9-13(3)11-17(21)19(23)24/h7-8,12-13,17H,5-6,9-11H2,1-4H3,(H,23,24). The number of likely N-dealkylation sites (tertiary alicyclic amines) is 1. The van der Waals surface area contributed by atoms with Crippen LogP contribution in [0.2, 0.25) is 0 Å². The maximum absolute atomic E-state index is 13.1. The van der Waals surface area contributed by atoms with Gasteiger partial charge in [0, 0.05) is 25.2 Å². The molecular weight excluding hydrogens is 368 g/mol.